The number of hydrogen-bond acceptors (Lipinski definition) is 4. The Morgan fingerprint density at radius 1 is 0.912 bits per heavy atom. The minimum Gasteiger partial charge on any atom is -0.486 e. The van der Waals surface area contributed by atoms with E-state index >= 15 is 0 Å². The number of hydrogen-bond donors (Lipinski definition) is 0. The molecule has 2 bridgehead atoms. The Labute approximate surface area is 193 Å². The molecule has 1 aromatic heterocycles. The highest BCUT2D eigenvalue weighted by Crippen LogP contribution is 2.42. The summed E-state index contributed by atoms with van der Waals surface area (Å²) in [5, 5.41) is 0. The molecule has 2 aromatic rings. The molecule has 2 fully saturated rings. The third kappa shape index (κ3) is 5.26. The van der Waals surface area contributed by atoms with E-state index < -0.39 is 23.5 Å². The van der Waals surface area contributed by atoms with Crippen molar-refractivity contribution in [3.05, 3.63) is 59.5 Å². The number of benzene rings is 1. The molecule has 2 atom stereocenters. The van der Waals surface area contributed by atoms with Crippen LogP contribution in [0.3, 0.4) is 0 Å². The fourth-order valence-electron chi connectivity index (χ4n) is 4.54. The number of nitrogens with zero attached hydrogens (tertiary/aromatic N) is 2. The lowest BCUT2D eigenvalue weighted by molar-refractivity contribution is -0.138. The standard InChI is InChI=1S/C24H24F6N2O2/c1-14(2)13-33-21-9-15(23(25,26)27)3-7-20(21)34-19-10-17-5-6-18(11-19)32(17)22-8-4-16(12-31-22)24(28,29)30/h3-4,7-9,12-13,17-19H,5-6,10-11H2,1-2H3. The molecule has 0 aliphatic carbocycles. The second-order valence-electron chi connectivity index (χ2n) is 8.88. The quantitative estimate of drug-likeness (QED) is 0.337. The van der Waals surface area contributed by atoms with Gasteiger partial charge in [-0.05, 0) is 62.6 Å². The summed E-state index contributed by atoms with van der Waals surface area (Å²) in [5.41, 5.74) is -0.855. The lowest BCUT2D eigenvalue weighted by Gasteiger charge is -2.39. The van der Waals surface area contributed by atoms with Gasteiger partial charge in [0.25, 0.3) is 0 Å². The number of anilines is 1. The zero-order valence-corrected chi connectivity index (χ0v) is 18.6. The molecule has 34 heavy (non-hydrogen) atoms. The maximum Gasteiger partial charge on any atom is 0.417 e. The molecule has 184 valence electrons. The SMILES string of the molecule is CC(C)=COc1cc(C(F)(F)F)ccc1OC1CC2CCC(C1)N2c1ccc(C(F)(F)F)cn1. The van der Waals surface area contributed by atoms with Crippen LogP contribution in [0.1, 0.15) is 50.7 Å². The highest BCUT2D eigenvalue weighted by atomic mass is 19.4. The number of rotatable bonds is 5. The molecule has 0 spiro atoms. The van der Waals surface area contributed by atoms with Crippen LogP contribution in [0.2, 0.25) is 0 Å². The van der Waals surface area contributed by atoms with Crippen molar-refractivity contribution < 1.29 is 35.8 Å². The van der Waals surface area contributed by atoms with Crippen LogP contribution in [-0.2, 0) is 12.4 Å². The van der Waals surface area contributed by atoms with Crippen LogP contribution in [0.25, 0.3) is 0 Å². The summed E-state index contributed by atoms with van der Waals surface area (Å²) in [7, 11) is 0. The van der Waals surface area contributed by atoms with E-state index in [0.717, 1.165) is 42.8 Å². The first kappa shape index (κ1) is 24.2. The molecule has 3 heterocycles. The Hall–Kier alpha value is -2.91. The Kier molecular flexibility index (Phi) is 6.44. The highest BCUT2D eigenvalue weighted by Gasteiger charge is 2.43. The van der Waals surface area contributed by atoms with Gasteiger partial charge >= 0.3 is 12.4 Å². The topological polar surface area (TPSA) is 34.6 Å². The first-order valence-electron chi connectivity index (χ1n) is 10.9. The smallest absolute Gasteiger partial charge is 0.417 e. The number of pyridine rings is 1. The van der Waals surface area contributed by atoms with Crippen molar-refractivity contribution in [1.29, 1.82) is 0 Å². The van der Waals surface area contributed by atoms with Gasteiger partial charge in [-0.3, -0.25) is 0 Å². The average Bonchev–Trinajstić information content (AvgIpc) is 3.02. The maximum absolute atomic E-state index is 13.2. The van der Waals surface area contributed by atoms with Gasteiger partial charge in [0.15, 0.2) is 11.5 Å². The van der Waals surface area contributed by atoms with Crippen molar-refractivity contribution >= 4 is 5.82 Å². The third-order valence-corrected chi connectivity index (χ3v) is 6.02. The number of piperidine rings is 1. The normalized spacial score (nSPS) is 22.5. The number of halogens is 6. The van der Waals surface area contributed by atoms with Gasteiger partial charge in [-0.15, -0.1) is 0 Å². The molecule has 0 saturated carbocycles. The van der Waals surface area contributed by atoms with Crippen molar-refractivity contribution in [2.75, 3.05) is 4.90 Å². The van der Waals surface area contributed by atoms with Crippen molar-refractivity contribution in [3.8, 4) is 11.5 Å². The first-order chi connectivity index (χ1) is 15.9. The van der Waals surface area contributed by atoms with Gasteiger partial charge < -0.3 is 14.4 Å². The maximum atomic E-state index is 13.2. The largest absolute Gasteiger partial charge is 0.486 e. The number of fused-ring (bicyclic) bond motifs is 2. The summed E-state index contributed by atoms with van der Waals surface area (Å²) in [6, 6.07) is 5.60. The lowest BCUT2D eigenvalue weighted by atomic mass is 9.99. The number of allylic oxidation sites excluding steroid dienone is 1. The van der Waals surface area contributed by atoms with Crippen molar-refractivity contribution in [1.82, 2.24) is 4.98 Å². The molecule has 0 amide bonds. The number of ether oxygens (including phenoxy) is 2. The van der Waals surface area contributed by atoms with E-state index in [1.54, 1.807) is 13.8 Å². The van der Waals surface area contributed by atoms with Crippen LogP contribution in [0.15, 0.2) is 48.4 Å². The highest BCUT2D eigenvalue weighted by molar-refractivity contribution is 5.46. The van der Waals surface area contributed by atoms with E-state index in [9.17, 15) is 26.3 Å². The van der Waals surface area contributed by atoms with Gasteiger partial charge in [-0.1, -0.05) is 0 Å². The van der Waals surface area contributed by atoms with E-state index in [0.29, 0.717) is 18.7 Å². The predicted octanol–water partition coefficient (Wildman–Crippen LogP) is 7.00. The summed E-state index contributed by atoms with van der Waals surface area (Å²) in [6.45, 7) is 3.52. The van der Waals surface area contributed by atoms with Gasteiger partial charge in [-0.25, -0.2) is 4.98 Å². The molecule has 4 nitrogen and oxygen atoms in total. The van der Waals surface area contributed by atoms with E-state index in [2.05, 4.69) is 4.98 Å². The first-order valence-corrected chi connectivity index (χ1v) is 10.9. The van der Waals surface area contributed by atoms with E-state index in [4.69, 9.17) is 9.47 Å². The van der Waals surface area contributed by atoms with Gasteiger partial charge in [0.05, 0.1) is 17.4 Å². The van der Waals surface area contributed by atoms with Crippen LogP contribution < -0.4 is 14.4 Å². The van der Waals surface area contributed by atoms with E-state index in [-0.39, 0.29) is 29.7 Å². The summed E-state index contributed by atoms with van der Waals surface area (Å²) in [6.07, 6.45) is -4.21. The molecule has 10 heteroatoms. The number of alkyl halides is 6. The number of aromatic nitrogens is 1. The Morgan fingerprint density at radius 3 is 2.06 bits per heavy atom. The molecule has 1 aromatic carbocycles. The van der Waals surface area contributed by atoms with Crippen LogP contribution in [0.5, 0.6) is 11.5 Å². The van der Waals surface area contributed by atoms with Gasteiger partial charge in [0.2, 0.25) is 0 Å². The zero-order chi connectivity index (χ0) is 24.7. The van der Waals surface area contributed by atoms with Crippen molar-refractivity contribution in [2.24, 2.45) is 0 Å². The van der Waals surface area contributed by atoms with Crippen LogP contribution in [-0.4, -0.2) is 23.2 Å². The summed E-state index contributed by atoms with van der Waals surface area (Å²) >= 11 is 0. The minimum atomic E-state index is -4.51. The third-order valence-electron chi connectivity index (χ3n) is 6.02. The molecule has 2 saturated heterocycles. The lowest BCUT2D eigenvalue weighted by Crippen LogP contribution is -2.46. The molecular formula is C24H24F6N2O2. The Bertz CT molecular complexity index is 1030. The van der Waals surface area contributed by atoms with E-state index in [1.165, 1.54) is 18.4 Å². The molecule has 4 rings (SSSR count). The van der Waals surface area contributed by atoms with Crippen LogP contribution in [0, 0.1) is 0 Å². The molecule has 2 unspecified atom stereocenters. The Morgan fingerprint density at radius 2 is 1.53 bits per heavy atom. The second-order valence-corrected chi connectivity index (χ2v) is 8.88. The predicted molar refractivity (Wildman–Crippen MR) is 114 cm³/mol. The fraction of sp³-hybridized carbons (Fsp3) is 0.458. The summed E-state index contributed by atoms with van der Waals surface area (Å²) < 4.78 is 89.7. The van der Waals surface area contributed by atoms with Gasteiger partial charge in [0.1, 0.15) is 11.9 Å². The van der Waals surface area contributed by atoms with Crippen LogP contribution in [0.4, 0.5) is 32.2 Å². The molecule has 2 aliphatic rings. The van der Waals surface area contributed by atoms with Crippen molar-refractivity contribution in [2.45, 2.75) is 70.1 Å². The zero-order valence-electron chi connectivity index (χ0n) is 18.6. The molecular weight excluding hydrogens is 462 g/mol. The second kappa shape index (κ2) is 9.03. The minimum absolute atomic E-state index is 0.0181. The monoisotopic (exact) mass is 486 g/mol. The van der Waals surface area contributed by atoms with Crippen molar-refractivity contribution in [3.63, 3.8) is 0 Å². The van der Waals surface area contributed by atoms with Gasteiger partial charge in [0, 0.05) is 31.1 Å². The molecule has 2 aliphatic heterocycles. The Balaban J connectivity index is 1.50. The van der Waals surface area contributed by atoms with E-state index in [1.807, 2.05) is 4.90 Å². The summed E-state index contributed by atoms with van der Waals surface area (Å²) in [4.78, 5) is 6.07. The summed E-state index contributed by atoms with van der Waals surface area (Å²) in [5.74, 6) is 0.687. The van der Waals surface area contributed by atoms with Gasteiger partial charge in [-0.2, -0.15) is 26.3 Å². The fourth-order valence-corrected chi connectivity index (χ4v) is 4.54. The van der Waals surface area contributed by atoms with Crippen LogP contribution >= 0.6 is 0 Å². The average molecular weight is 486 g/mol. The molecule has 0 radical (unpaired) electrons. The molecule has 0 N–H and O–H groups in total.